The predicted octanol–water partition coefficient (Wildman–Crippen LogP) is 3.92. The molecule has 1 aliphatic heterocycles. The molecule has 0 aliphatic carbocycles. The molecule has 0 bridgehead atoms. The number of hydrogen-bond donors (Lipinski definition) is 1. The average Bonchev–Trinajstić information content (AvgIpc) is 2.83. The summed E-state index contributed by atoms with van der Waals surface area (Å²) in [7, 11) is 0. The molecule has 0 saturated carbocycles. The summed E-state index contributed by atoms with van der Waals surface area (Å²) in [6.45, 7) is 6.58. The van der Waals surface area contributed by atoms with Crippen molar-refractivity contribution in [2.45, 2.75) is 39.3 Å². The maximum atomic E-state index is 5.99. The van der Waals surface area contributed by atoms with E-state index in [1.807, 2.05) is 23.3 Å². The monoisotopic (exact) mass is 286 g/mol. The van der Waals surface area contributed by atoms with E-state index >= 15 is 0 Å². The molecular formula is C13H19ClN2OS. The minimum Gasteiger partial charge on any atom is -0.387 e. The van der Waals surface area contributed by atoms with Gasteiger partial charge in [0, 0.05) is 17.0 Å². The zero-order valence-electron chi connectivity index (χ0n) is 10.9. The first kappa shape index (κ1) is 13.7. The lowest BCUT2D eigenvalue weighted by molar-refractivity contribution is -0.150. The Morgan fingerprint density at radius 1 is 1.44 bits per heavy atom. The van der Waals surface area contributed by atoms with Crippen molar-refractivity contribution < 1.29 is 4.84 Å². The molecule has 2 atom stereocenters. The molecule has 5 heteroatoms. The highest BCUT2D eigenvalue weighted by molar-refractivity contribution is 7.16. The van der Waals surface area contributed by atoms with Gasteiger partial charge in [-0.25, -0.2) is 0 Å². The zero-order valence-corrected chi connectivity index (χ0v) is 12.5. The fourth-order valence-electron chi connectivity index (χ4n) is 2.28. The van der Waals surface area contributed by atoms with Crippen molar-refractivity contribution in [3.05, 3.63) is 33.3 Å². The summed E-state index contributed by atoms with van der Waals surface area (Å²) in [5.41, 5.74) is 5.80. The second-order valence-electron chi connectivity index (χ2n) is 5.09. The van der Waals surface area contributed by atoms with Gasteiger partial charge in [0.2, 0.25) is 5.88 Å². The third-order valence-electron chi connectivity index (χ3n) is 2.94. The molecule has 1 aromatic rings. The summed E-state index contributed by atoms with van der Waals surface area (Å²) in [5, 5.41) is 1.97. The van der Waals surface area contributed by atoms with E-state index in [0.717, 1.165) is 15.6 Å². The van der Waals surface area contributed by atoms with E-state index in [-0.39, 0.29) is 6.04 Å². The van der Waals surface area contributed by atoms with Crippen LogP contribution in [-0.4, -0.2) is 11.1 Å². The number of halogens is 1. The Balaban J connectivity index is 2.16. The molecule has 1 aliphatic rings. The lowest BCUT2D eigenvalue weighted by Gasteiger charge is -2.29. The summed E-state index contributed by atoms with van der Waals surface area (Å²) in [4.78, 5) is 6.80. The van der Waals surface area contributed by atoms with Gasteiger partial charge in [0.25, 0.3) is 0 Å². The molecule has 2 unspecified atom stereocenters. The first-order valence-electron chi connectivity index (χ1n) is 6.16. The van der Waals surface area contributed by atoms with Gasteiger partial charge < -0.3 is 10.6 Å². The molecule has 100 valence electrons. The van der Waals surface area contributed by atoms with Crippen molar-refractivity contribution in [1.29, 1.82) is 0 Å². The molecule has 2 heterocycles. The lowest BCUT2D eigenvalue weighted by Crippen LogP contribution is -2.33. The molecule has 3 nitrogen and oxygen atoms in total. The van der Waals surface area contributed by atoms with Crippen molar-refractivity contribution in [1.82, 2.24) is 5.06 Å². The average molecular weight is 287 g/mol. The minimum absolute atomic E-state index is 0.0799. The fourth-order valence-corrected chi connectivity index (χ4v) is 3.40. The Hall–Kier alpha value is -0.710. The first-order valence-corrected chi connectivity index (χ1v) is 7.35. The normalized spacial score (nSPS) is 22.1. The fraction of sp³-hybridized carbons (Fsp3) is 0.538. The Labute approximate surface area is 117 Å². The molecule has 2 N–H and O–H groups in total. The van der Waals surface area contributed by atoms with E-state index < -0.39 is 0 Å². The molecule has 0 fully saturated rings. The molecule has 0 saturated heterocycles. The van der Waals surface area contributed by atoms with Crippen molar-refractivity contribution in [2.75, 3.05) is 0 Å². The van der Waals surface area contributed by atoms with Gasteiger partial charge in [0.1, 0.15) is 6.04 Å². The first-order chi connectivity index (χ1) is 8.47. The Morgan fingerprint density at radius 3 is 2.72 bits per heavy atom. The summed E-state index contributed by atoms with van der Waals surface area (Å²) in [5.74, 6) is 1.10. The maximum Gasteiger partial charge on any atom is 0.207 e. The number of thiophene rings is 1. The number of nitrogens with zero attached hydrogens (tertiary/aromatic N) is 1. The highest BCUT2D eigenvalue weighted by Crippen LogP contribution is 2.37. The number of rotatable bonds is 4. The zero-order chi connectivity index (χ0) is 13.3. The minimum atomic E-state index is 0.0799. The Kier molecular flexibility index (Phi) is 4.20. The van der Waals surface area contributed by atoms with Crippen LogP contribution in [0.15, 0.2) is 24.1 Å². The van der Waals surface area contributed by atoms with Crippen LogP contribution in [0.3, 0.4) is 0 Å². The predicted molar refractivity (Wildman–Crippen MR) is 76.2 cm³/mol. The van der Waals surface area contributed by atoms with Crippen molar-refractivity contribution in [3.8, 4) is 0 Å². The van der Waals surface area contributed by atoms with E-state index in [1.54, 1.807) is 11.3 Å². The van der Waals surface area contributed by atoms with Gasteiger partial charge in [0.05, 0.1) is 4.34 Å². The van der Waals surface area contributed by atoms with Crippen LogP contribution in [0.2, 0.25) is 4.34 Å². The Morgan fingerprint density at radius 2 is 2.17 bits per heavy atom. The van der Waals surface area contributed by atoms with Gasteiger partial charge in [-0.15, -0.1) is 16.4 Å². The summed E-state index contributed by atoms with van der Waals surface area (Å²) in [6.07, 6.45) is 3.01. The summed E-state index contributed by atoms with van der Waals surface area (Å²) in [6, 6.07) is 4.34. The van der Waals surface area contributed by atoms with Crippen LogP contribution in [0.25, 0.3) is 0 Å². The molecule has 2 rings (SSSR count). The van der Waals surface area contributed by atoms with Crippen molar-refractivity contribution in [3.63, 3.8) is 0 Å². The van der Waals surface area contributed by atoms with Crippen LogP contribution in [0.5, 0.6) is 0 Å². The van der Waals surface area contributed by atoms with E-state index in [2.05, 4.69) is 20.8 Å². The van der Waals surface area contributed by atoms with E-state index in [1.165, 1.54) is 0 Å². The SMILES string of the molecule is CC(C)CC(C)N1OC(N)=CC1c1ccc(Cl)s1. The van der Waals surface area contributed by atoms with Crippen molar-refractivity contribution >= 4 is 22.9 Å². The smallest absolute Gasteiger partial charge is 0.207 e. The quantitative estimate of drug-likeness (QED) is 0.911. The lowest BCUT2D eigenvalue weighted by atomic mass is 10.0. The van der Waals surface area contributed by atoms with Gasteiger partial charge in [-0.05, 0) is 31.4 Å². The molecule has 18 heavy (non-hydrogen) atoms. The molecule has 0 amide bonds. The standard InChI is InChI=1S/C13H19ClN2OS/c1-8(2)6-9(3)16-10(7-13(15)17-16)11-4-5-12(14)18-11/h4-5,7-10H,6,15H2,1-3H3. The van der Waals surface area contributed by atoms with Gasteiger partial charge in [-0.1, -0.05) is 25.4 Å². The van der Waals surface area contributed by atoms with Gasteiger partial charge in [-0.2, -0.15) is 0 Å². The molecule has 0 radical (unpaired) electrons. The maximum absolute atomic E-state index is 5.99. The van der Waals surface area contributed by atoms with E-state index in [9.17, 15) is 0 Å². The molecule has 1 aromatic heterocycles. The highest BCUT2D eigenvalue weighted by Gasteiger charge is 2.32. The van der Waals surface area contributed by atoms with Crippen LogP contribution < -0.4 is 5.73 Å². The second kappa shape index (κ2) is 5.51. The third-order valence-corrected chi connectivity index (χ3v) is 4.24. The molecular weight excluding hydrogens is 268 g/mol. The largest absolute Gasteiger partial charge is 0.387 e. The van der Waals surface area contributed by atoms with Crippen LogP contribution in [0, 0.1) is 5.92 Å². The third kappa shape index (κ3) is 2.99. The van der Waals surface area contributed by atoms with E-state index in [4.69, 9.17) is 22.2 Å². The topological polar surface area (TPSA) is 38.5 Å². The number of nitrogens with two attached hydrogens (primary N) is 1. The van der Waals surface area contributed by atoms with E-state index in [0.29, 0.717) is 17.8 Å². The summed E-state index contributed by atoms with van der Waals surface area (Å²) >= 11 is 7.56. The van der Waals surface area contributed by atoms with Gasteiger partial charge >= 0.3 is 0 Å². The number of hydrogen-bond acceptors (Lipinski definition) is 4. The van der Waals surface area contributed by atoms with Crippen molar-refractivity contribution in [2.24, 2.45) is 11.7 Å². The summed E-state index contributed by atoms with van der Waals surface area (Å²) < 4.78 is 0.792. The van der Waals surface area contributed by atoms with Crippen LogP contribution >= 0.6 is 22.9 Å². The highest BCUT2D eigenvalue weighted by atomic mass is 35.5. The molecule has 0 spiro atoms. The van der Waals surface area contributed by atoms with Crippen LogP contribution in [0.1, 0.15) is 38.1 Å². The number of hydroxylamine groups is 2. The second-order valence-corrected chi connectivity index (χ2v) is 6.83. The van der Waals surface area contributed by atoms with Gasteiger partial charge in [-0.3, -0.25) is 0 Å². The van der Waals surface area contributed by atoms with Crippen LogP contribution in [-0.2, 0) is 4.84 Å². The van der Waals surface area contributed by atoms with Crippen LogP contribution in [0.4, 0.5) is 0 Å². The Bertz CT molecular complexity index is 444. The molecule has 0 aromatic carbocycles. The van der Waals surface area contributed by atoms with Gasteiger partial charge in [0.15, 0.2) is 0 Å².